The molecule has 1 radical (unpaired) electrons. The monoisotopic (exact) mass is 241 g/mol. The van der Waals surface area contributed by atoms with Gasteiger partial charge in [-0.2, -0.15) is 0 Å². The van der Waals surface area contributed by atoms with Crippen LogP contribution in [0.3, 0.4) is 0 Å². The molecule has 0 aromatic carbocycles. The van der Waals surface area contributed by atoms with E-state index in [0.29, 0.717) is 25.2 Å². The van der Waals surface area contributed by atoms with Gasteiger partial charge in [-0.05, 0) is 30.1 Å². The average Bonchev–Trinajstić information content (AvgIpc) is 2.74. The second-order valence-corrected chi connectivity index (χ2v) is 6.22. The Labute approximate surface area is 104 Å². The third kappa shape index (κ3) is 2.25. The zero-order chi connectivity index (χ0) is 12.5. The number of rotatable bonds is 6. The number of hydrogen-bond donors (Lipinski definition) is 0. The Morgan fingerprint density at radius 3 is 2.65 bits per heavy atom. The normalized spacial score (nSPS) is 38.8. The Hall–Kier alpha value is -0.120. The molecule has 3 atom stereocenters. The molecule has 2 rings (SSSR count). The van der Waals surface area contributed by atoms with Gasteiger partial charge in [0.15, 0.2) is 0 Å². The fourth-order valence-corrected chi connectivity index (χ4v) is 3.78. The first-order valence-electron chi connectivity index (χ1n) is 6.84. The standard InChI is InChI=1S/C14H25O3/c1-11-4-5-12-13(2,3)14(12,10-11)17-9-8-16-7-6-15/h11-12H,4-10H2,1-3H3. The average molecular weight is 241 g/mol. The van der Waals surface area contributed by atoms with E-state index in [9.17, 15) is 5.11 Å². The maximum absolute atomic E-state index is 10.2. The quantitative estimate of drug-likeness (QED) is 0.671. The van der Waals surface area contributed by atoms with E-state index in [-0.39, 0.29) is 12.2 Å². The highest BCUT2D eigenvalue weighted by atomic mass is 16.5. The minimum Gasteiger partial charge on any atom is -0.377 e. The largest absolute Gasteiger partial charge is 0.377 e. The van der Waals surface area contributed by atoms with Crippen LogP contribution >= 0.6 is 0 Å². The van der Waals surface area contributed by atoms with Crippen molar-refractivity contribution in [2.75, 3.05) is 26.4 Å². The van der Waals surface area contributed by atoms with Crippen LogP contribution in [0.5, 0.6) is 0 Å². The SMILES string of the molecule is CC1CCC2C(C)(C)C2(OCCOCC[O])C1. The van der Waals surface area contributed by atoms with E-state index in [1.165, 1.54) is 19.3 Å². The van der Waals surface area contributed by atoms with Crippen molar-refractivity contribution in [2.24, 2.45) is 17.3 Å². The van der Waals surface area contributed by atoms with Crippen LogP contribution in [-0.4, -0.2) is 32.0 Å². The molecule has 0 aliphatic heterocycles. The summed E-state index contributed by atoms with van der Waals surface area (Å²) in [6.07, 6.45) is 3.83. The van der Waals surface area contributed by atoms with Crippen LogP contribution in [0.2, 0.25) is 0 Å². The number of fused-ring (bicyclic) bond motifs is 1. The van der Waals surface area contributed by atoms with Crippen molar-refractivity contribution in [1.29, 1.82) is 0 Å². The Balaban J connectivity index is 1.81. The summed E-state index contributed by atoms with van der Waals surface area (Å²) in [5.74, 6) is 1.50. The molecule has 0 amide bonds. The molecule has 2 saturated carbocycles. The van der Waals surface area contributed by atoms with E-state index in [1.807, 2.05) is 0 Å². The molecular weight excluding hydrogens is 216 g/mol. The van der Waals surface area contributed by atoms with Crippen molar-refractivity contribution >= 4 is 0 Å². The maximum atomic E-state index is 10.2. The smallest absolute Gasteiger partial charge is 0.106 e. The molecule has 99 valence electrons. The summed E-state index contributed by atoms with van der Waals surface area (Å²) in [6.45, 7) is 8.32. The van der Waals surface area contributed by atoms with Crippen molar-refractivity contribution in [1.82, 2.24) is 0 Å². The predicted octanol–water partition coefficient (Wildman–Crippen LogP) is 2.66. The zero-order valence-corrected chi connectivity index (χ0v) is 11.3. The van der Waals surface area contributed by atoms with Crippen molar-refractivity contribution < 1.29 is 14.6 Å². The van der Waals surface area contributed by atoms with Crippen LogP contribution in [0.25, 0.3) is 0 Å². The van der Waals surface area contributed by atoms with Crippen LogP contribution in [0.15, 0.2) is 0 Å². The molecule has 2 fully saturated rings. The van der Waals surface area contributed by atoms with Gasteiger partial charge in [-0.1, -0.05) is 27.2 Å². The molecule has 0 aromatic rings. The van der Waals surface area contributed by atoms with Gasteiger partial charge in [0, 0.05) is 0 Å². The minimum atomic E-state index is -0.156. The van der Waals surface area contributed by atoms with Gasteiger partial charge in [0.2, 0.25) is 0 Å². The molecule has 0 heterocycles. The van der Waals surface area contributed by atoms with Gasteiger partial charge in [0.25, 0.3) is 0 Å². The molecule has 0 N–H and O–H groups in total. The van der Waals surface area contributed by atoms with E-state index in [0.717, 1.165) is 11.8 Å². The second kappa shape index (κ2) is 4.87. The Morgan fingerprint density at radius 2 is 1.94 bits per heavy atom. The first kappa shape index (κ1) is 13.3. The van der Waals surface area contributed by atoms with Gasteiger partial charge >= 0.3 is 0 Å². The molecule has 2 aliphatic carbocycles. The van der Waals surface area contributed by atoms with E-state index >= 15 is 0 Å². The molecule has 0 spiro atoms. The van der Waals surface area contributed by atoms with Crippen molar-refractivity contribution in [3.05, 3.63) is 0 Å². The molecule has 17 heavy (non-hydrogen) atoms. The van der Waals surface area contributed by atoms with Crippen LogP contribution in [-0.2, 0) is 14.6 Å². The van der Waals surface area contributed by atoms with Crippen molar-refractivity contribution in [3.8, 4) is 0 Å². The van der Waals surface area contributed by atoms with Gasteiger partial charge in [-0.25, -0.2) is 5.11 Å². The second-order valence-electron chi connectivity index (χ2n) is 6.22. The molecule has 3 unspecified atom stereocenters. The molecular formula is C14H25O3. The zero-order valence-electron chi connectivity index (χ0n) is 11.3. The minimum absolute atomic E-state index is 0.103. The summed E-state index contributed by atoms with van der Waals surface area (Å²) in [6, 6.07) is 0. The molecule has 0 aromatic heterocycles. The molecule has 3 heteroatoms. The van der Waals surface area contributed by atoms with E-state index in [1.54, 1.807) is 0 Å². The van der Waals surface area contributed by atoms with Crippen LogP contribution < -0.4 is 0 Å². The first-order valence-corrected chi connectivity index (χ1v) is 6.84. The third-order valence-electron chi connectivity index (χ3n) is 4.86. The molecule has 3 nitrogen and oxygen atoms in total. The van der Waals surface area contributed by atoms with Crippen LogP contribution in [0, 0.1) is 17.3 Å². The lowest BCUT2D eigenvalue weighted by Gasteiger charge is -2.28. The van der Waals surface area contributed by atoms with Gasteiger partial charge in [-0.3, -0.25) is 0 Å². The maximum Gasteiger partial charge on any atom is 0.106 e. The summed E-state index contributed by atoms with van der Waals surface area (Å²) in [5.41, 5.74) is 0.432. The van der Waals surface area contributed by atoms with Gasteiger partial charge in [0.05, 0.1) is 25.4 Å². The fraction of sp³-hybridized carbons (Fsp3) is 1.00. The van der Waals surface area contributed by atoms with E-state index < -0.39 is 0 Å². The van der Waals surface area contributed by atoms with Crippen LogP contribution in [0.1, 0.15) is 40.0 Å². The van der Waals surface area contributed by atoms with E-state index in [2.05, 4.69) is 20.8 Å². The Bertz CT molecular complexity index is 264. The predicted molar refractivity (Wildman–Crippen MR) is 65.3 cm³/mol. The summed E-state index contributed by atoms with van der Waals surface area (Å²) in [5, 5.41) is 10.2. The van der Waals surface area contributed by atoms with Crippen molar-refractivity contribution in [2.45, 2.75) is 45.6 Å². The molecule has 2 aliphatic rings. The highest BCUT2D eigenvalue weighted by molar-refractivity contribution is 5.22. The van der Waals surface area contributed by atoms with Crippen LogP contribution in [0.4, 0.5) is 0 Å². The number of hydrogen-bond acceptors (Lipinski definition) is 2. The topological polar surface area (TPSA) is 38.4 Å². The third-order valence-corrected chi connectivity index (χ3v) is 4.86. The summed E-state index contributed by atoms with van der Waals surface area (Å²) in [7, 11) is 0. The van der Waals surface area contributed by atoms with E-state index in [4.69, 9.17) is 9.47 Å². The fourth-order valence-electron chi connectivity index (χ4n) is 3.78. The summed E-state index contributed by atoms with van der Waals surface area (Å²) < 4.78 is 11.3. The Morgan fingerprint density at radius 1 is 1.18 bits per heavy atom. The Kier molecular flexibility index (Phi) is 3.81. The lowest BCUT2D eigenvalue weighted by Crippen LogP contribution is -2.29. The summed E-state index contributed by atoms with van der Waals surface area (Å²) >= 11 is 0. The highest BCUT2D eigenvalue weighted by Crippen LogP contribution is 2.70. The first-order chi connectivity index (χ1) is 8.04. The van der Waals surface area contributed by atoms with Crippen molar-refractivity contribution in [3.63, 3.8) is 0 Å². The van der Waals surface area contributed by atoms with Gasteiger partial charge < -0.3 is 9.47 Å². The summed E-state index contributed by atoms with van der Waals surface area (Å²) in [4.78, 5) is 0. The highest BCUT2D eigenvalue weighted by Gasteiger charge is 2.72. The molecule has 0 bridgehead atoms. The van der Waals surface area contributed by atoms with Gasteiger partial charge in [-0.15, -0.1) is 0 Å². The lowest BCUT2D eigenvalue weighted by molar-refractivity contribution is -0.0549. The lowest BCUT2D eigenvalue weighted by atomic mass is 9.88. The number of ether oxygens (including phenoxy) is 2. The van der Waals surface area contributed by atoms with Gasteiger partial charge in [0.1, 0.15) is 6.61 Å². The molecule has 0 saturated heterocycles.